The minimum absolute atomic E-state index is 0.390. The van der Waals surface area contributed by atoms with E-state index in [1.165, 1.54) is 6.42 Å². The van der Waals surface area contributed by atoms with Gasteiger partial charge in [-0.3, -0.25) is 0 Å². The van der Waals surface area contributed by atoms with Crippen molar-refractivity contribution in [2.45, 2.75) is 54.0 Å². The van der Waals surface area contributed by atoms with Crippen LogP contribution in [0.25, 0.3) is 0 Å². The van der Waals surface area contributed by atoms with Gasteiger partial charge >= 0.3 is 0 Å². The van der Waals surface area contributed by atoms with Crippen LogP contribution in [-0.2, 0) is 0 Å². The molecule has 2 heteroatoms. The van der Waals surface area contributed by atoms with E-state index in [1.54, 1.807) is 0 Å². The van der Waals surface area contributed by atoms with E-state index in [4.69, 9.17) is 0 Å². The highest BCUT2D eigenvalue weighted by molar-refractivity contribution is 4.72. The molecule has 0 heterocycles. The standard InChI is InChI=1S/C14H32N2/c1-12(2)8-9-15-10-13(3)16(7)11-14(4,5)6/h12-13,15H,8-11H2,1-7H3. The number of likely N-dealkylation sites (N-methyl/N-ethyl adjacent to an activating group) is 1. The summed E-state index contributed by atoms with van der Waals surface area (Å²) in [5.74, 6) is 0.801. The molecule has 0 radical (unpaired) electrons. The first kappa shape index (κ1) is 15.9. The highest BCUT2D eigenvalue weighted by atomic mass is 15.1. The molecule has 0 amide bonds. The van der Waals surface area contributed by atoms with E-state index in [0.717, 1.165) is 25.6 Å². The van der Waals surface area contributed by atoms with Gasteiger partial charge in [-0.15, -0.1) is 0 Å². The summed E-state index contributed by atoms with van der Waals surface area (Å²) in [5, 5.41) is 3.54. The van der Waals surface area contributed by atoms with Gasteiger partial charge in [-0.2, -0.15) is 0 Å². The minimum atomic E-state index is 0.390. The zero-order chi connectivity index (χ0) is 12.8. The maximum absolute atomic E-state index is 3.54. The molecule has 0 aromatic rings. The SMILES string of the molecule is CC(C)CCNCC(C)N(C)CC(C)(C)C. The third-order valence-electron chi connectivity index (χ3n) is 2.81. The van der Waals surface area contributed by atoms with Crippen molar-refractivity contribution in [3.05, 3.63) is 0 Å². The Balaban J connectivity index is 3.67. The Bertz CT molecular complexity index is 170. The van der Waals surface area contributed by atoms with E-state index in [2.05, 4.69) is 58.8 Å². The van der Waals surface area contributed by atoms with E-state index < -0.39 is 0 Å². The van der Waals surface area contributed by atoms with Gasteiger partial charge in [-0.05, 0) is 38.3 Å². The molecule has 0 saturated carbocycles. The lowest BCUT2D eigenvalue weighted by molar-refractivity contribution is 0.178. The van der Waals surface area contributed by atoms with Crippen molar-refractivity contribution in [2.75, 3.05) is 26.7 Å². The van der Waals surface area contributed by atoms with Gasteiger partial charge in [0.15, 0.2) is 0 Å². The average molecular weight is 228 g/mol. The first-order valence-electron chi connectivity index (χ1n) is 6.63. The zero-order valence-electron chi connectivity index (χ0n) is 12.4. The molecule has 0 aromatic carbocycles. The van der Waals surface area contributed by atoms with E-state index in [9.17, 15) is 0 Å². The second kappa shape index (κ2) is 7.29. The van der Waals surface area contributed by atoms with Crippen LogP contribution in [-0.4, -0.2) is 37.6 Å². The van der Waals surface area contributed by atoms with Crippen LogP contribution in [0.1, 0.15) is 48.0 Å². The molecular weight excluding hydrogens is 196 g/mol. The van der Waals surface area contributed by atoms with Gasteiger partial charge in [-0.25, -0.2) is 0 Å². The Labute approximate surface area is 103 Å². The highest BCUT2D eigenvalue weighted by Crippen LogP contribution is 2.15. The van der Waals surface area contributed by atoms with Crippen molar-refractivity contribution in [3.8, 4) is 0 Å². The van der Waals surface area contributed by atoms with Crippen LogP contribution in [0.4, 0.5) is 0 Å². The molecule has 0 aliphatic rings. The monoisotopic (exact) mass is 228 g/mol. The van der Waals surface area contributed by atoms with Crippen LogP contribution in [0.5, 0.6) is 0 Å². The van der Waals surface area contributed by atoms with Gasteiger partial charge in [0.1, 0.15) is 0 Å². The average Bonchev–Trinajstić information content (AvgIpc) is 2.08. The smallest absolute Gasteiger partial charge is 0.0189 e. The predicted octanol–water partition coefficient (Wildman–Crippen LogP) is 2.99. The Morgan fingerprint density at radius 1 is 1.12 bits per heavy atom. The third kappa shape index (κ3) is 9.17. The number of nitrogens with one attached hydrogen (secondary N) is 1. The van der Waals surface area contributed by atoms with Crippen molar-refractivity contribution in [1.82, 2.24) is 10.2 Å². The Kier molecular flexibility index (Phi) is 7.25. The second-order valence-corrected chi connectivity index (χ2v) is 6.71. The largest absolute Gasteiger partial charge is 0.315 e. The van der Waals surface area contributed by atoms with Gasteiger partial charge < -0.3 is 10.2 Å². The lowest BCUT2D eigenvalue weighted by atomic mass is 9.95. The molecule has 0 aliphatic carbocycles. The highest BCUT2D eigenvalue weighted by Gasteiger charge is 2.17. The van der Waals surface area contributed by atoms with Crippen LogP contribution in [0.15, 0.2) is 0 Å². The molecule has 16 heavy (non-hydrogen) atoms. The van der Waals surface area contributed by atoms with E-state index in [0.29, 0.717) is 11.5 Å². The first-order chi connectivity index (χ1) is 7.22. The van der Waals surface area contributed by atoms with Crippen LogP contribution in [0, 0.1) is 11.3 Å². The summed E-state index contributed by atoms with van der Waals surface area (Å²) in [7, 11) is 2.22. The molecule has 98 valence electrons. The molecule has 1 N–H and O–H groups in total. The van der Waals surface area contributed by atoms with Gasteiger partial charge in [-0.1, -0.05) is 34.6 Å². The topological polar surface area (TPSA) is 15.3 Å². The van der Waals surface area contributed by atoms with Crippen molar-refractivity contribution in [2.24, 2.45) is 11.3 Å². The molecule has 0 aliphatic heterocycles. The lowest BCUT2D eigenvalue weighted by Crippen LogP contribution is -2.42. The fraction of sp³-hybridized carbons (Fsp3) is 1.00. The van der Waals surface area contributed by atoms with Crippen LogP contribution in [0.3, 0.4) is 0 Å². The number of hydrogen-bond donors (Lipinski definition) is 1. The maximum atomic E-state index is 3.54. The maximum Gasteiger partial charge on any atom is 0.0189 e. The zero-order valence-corrected chi connectivity index (χ0v) is 12.4. The van der Waals surface area contributed by atoms with Gasteiger partial charge in [0.25, 0.3) is 0 Å². The normalized spacial score (nSPS) is 14.8. The molecule has 0 bridgehead atoms. The summed E-state index contributed by atoms with van der Waals surface area (Å²) in [6, 6.07) is 0.617. The summed E-state index contributed by atoms with van der Waals surface area (Å²) in [4.78, 5) is 2.45. The van der Waals surface area contributed by atoms with Gasteiger partial charge in [0.05, 0.1) is 0 Å². The third-order valence-corrected chi connectivity index (χ3v) is 2.81. The Morgan fingerprint density at radius 3 is 2.12 bits per heavy atom. The fourth-order valence-electron chi connectivity index (χ4n) is 1.76. The molecular formula is C14H32N2. The molecule has 1 atom stereocenters. The predicted molar refractivity (Wildman–Crippen MR) is 73.9 cm³/mol. The van der Waals surface area contributed by atoms with Crippen molar-refractivity contribution < 1.29 is 0 Å². The molecule has 0 rings (SSSR count). The molecule has 0 saturated heterocycles. The summed E-state index contributed by atoms with van der Waals surface area (Å²) in [6.45, 7) is 17.1. The summed E-state index contributed by atoms with van der Waals surface area (Å²) < 4.78 is 0. The quantitative estimate of drug-likeness (QED) is 0.674. The first-order valence-corrected chi connectivity index (χ1v) is 6.63. The molecule has 0 spiro atoms. The molecule has 1 unspecified atom stereocenters. The van der Waals surface area contributed by atoms with Crippen molar-refractivity contribution in [1.29, 1.82) is 0 Å². The Hall–Kier alpha value is -0.0800. The van der Waals surface area contributed by atoms with Crippen molar-refractivity contribution in [3.63, 3.8) is 0 Å². The summed E-state index contributed by atoms with van der Waals surface area (Å²) in [6.07, 6.45) is 1.27. The molecule has 0 fully saturated rings. The lowest BCUT2D eigenvalue weighted by Gasteiger charge is -2.31. The van der Waals surface area contributed by atoms with Crippen LogP contribution >= 0.6 is 0 Å². The van der Waals surface area contributed by atoms with Gasteiger partial charge in [0, 0.05) is 19.1 Å². The van der Waals surface area contributed by atoms with E-state index in [1.807, 2.05) is 0 Å². The van der Waals surface area contributed by atoms with Crippen LogP contribution in [0.2, 0.25) is 0 Å². The molecule has 0 aromatic heterocycles. The number of nitrogens with zero attached hydrogens (tertiary/aromatic N) is 1. The number of rotatable bonds is 7. The van der Waals surface area contributed by atoms with E-state index >= 15 is 0 Å². The van der Waals surface area contributed by atoms with Crippen molar-refractivity contribution >= 4 is 0 Å². The van der Waals surface area contributed by atoms with Crippen LogP contribution < -0.4 is 5.32 Å². The minimum Gasteiger partial charge on any atom is -0.315 e. The summed E-state index contributed by atoms with van der Waals surface area (Å²) >= 11 is 0. The summed E-state index contributed by atoms with van der Waals surface area (Å²) in [5.41, 5.74) is 0.390. The second-order valence-electron chi connectivity index (χ2n) is 6.71. The van der Waals surface area contributed by atoms with E-state index in [-0.39, 0.29) is 0 Å². The number of hydrogen-bond acceptors (Lipinski definition) is 2. The molecule has 2 nitrogen and oxygen atoms in total. The fourth-order valence-corrected chi connectivity index (χ4v) is 1.76. The van der Waals surface area contributed by atoms with Gasteiger partial charge in [0.2, 0.25) is 0 Å². The Morgan fingerprint density at radius 2 is 1.69 bits per heavy atom.